The molecule has 0 saturated heterocycles. The van der Waals surface area contributed by atoms with Crippen LogP contribution in [0.25, 0.3) is 0 Å². The Morgan fingerprint density at radius 3 is 2.71 bits per heavy atom. The molecule has 108 valence electrons. The molecule has 0 unspecified atom stereocenters. The van der Waals surface area contributed by atoms with Crippen molar-refractivity contribution in [1.29, 1.82) is 0 Å². The van der Waals surface area contributed by atoms with E-state index in [1.165, 1.54) is 41.1 Å². The molecule has 21 heavy (non-hydrogen) atoms. The topological polar surface area (TPSA) is 94.2 Å². The number of carbonyl (C=O) groups excluding carboxylic acids is 1. The van der Waals surface area contributed by atoms with Crippen molar-refractivity contribution in [3.8, 4) is 0 Å². The molecule has 1 amide bonds. The van der Waals surface area contributed by atoms with Gasteiger partial charge in [0.05, 0.1) is 10.6 Å². The molecule has 2 rings (SSSR count). The number of rotatable bonds is 3. The van der Waals surface area contributed by atoms with Gasteiger partial charge in [0.15, 0.2) is 0 Å². The van der Waals surface area contributed by atoms with Gasteiger partial charge in [0.1, 0.15) is 4.47 Å². The van der Waals surface area contributed by atoms with Crippen LogP contribution in [0.3, 0.4) is 0 Å². The predicted octanol–water partition coefficient (Wildman–Crippen LogP) is 2.31. The van der Waals surface area contributed by atoms with Gasteiger partial charge < -0.3 is 9.88 Å². The second-order valence-corrected chi connectivity index (χ2v) is 5.01. The van der Waals surface area contributed by atoms with Crippen LogP contribution in [-0.4, -0.2) is 15.4 Å². The molecule has 0 bridgehead atoms. The van der Waals surface area contributed by atoms with Crippen LogP contribution in [0, 0.1) is 10.1 Å². The standard InChI is InChI=1S/C13H10BrN3O4/c1-16-6-5-8(7-11(16)18)13(19)15-9-3-2-4-10(12(9)14)17(20)21/h2-7H,1H3,(H,15,19). The van der Waals surface area contributed by atoms with Gasteiger partial charge in [0.2, 0.25) is 0 Å². The molecule has 0 radical (unpaired) electrons. The van der Waals surface area contributed by atoms with Crippen LogP contribution in [0.1, 0.15) is 10.4 Å². The first-order valence-electron chi connectivity index (χ1n) is 5.81. The van der Waals surface area contributed by atoms with E-state index in [0.717, 1.165) is 0 Å². The van der Waals surface area contributed by atoms with Crippen molar-refractivity contribution in [3.05, 3.63) is 67.0 Å². The third-order valence-corrected chi connectivity index (χ3v) is 3.62. The molecule has 0 aliphatic carbocycles. The van der Waals surface area contributed by atoms with Crippen molar-refractivity contribution >= 4 is 33.2 Å². The summed E-state index contributed by atoms with van der Waals surface area (Å²) in [6.07, 6.45) is 1.47. The Labute approximate surface area is 127 Å². The molecule has 0 aliphatic rings. The first-order chi connectivity index (χ1) is 9.90. The summed E-state index contributed by atoms with van der Waals surface area (Å²) in [6.45, 7) is 0. The van der Waals surface area contributed by atoms with E-state index in [0.29, 0.717) is 0 Å². The van der Waals surface area contributed by atoms with Crippen molar-refractivity contribution in [1.82, 2.24) is 4.57 Å². The zero-order valence-corrected chi connectivity index (χ0v) is 12.5. The number of nitrogens with one attached hydrogen (secondary N) is 1. The van der Waals surface area contributed by atoms with E-state index >= 15 is 0 Å². The molecule has 0 spiro atoms. The molecule has 1 aromatic carbocycles. The highest BCUT2D eigenvalue weighted by Gasteiger charge is 2.17. The number of aryl methyl sites for hydroxylation is 1. The summed E-state index contributed by atoms with van der Waals surface area (Å²) in [4.78, 5) is 33.8. The van der Waals surface area contributed by atoms with E-state index in [4.69, 9.17) is 0 Å². The molecule has 7 nitrogen and oxygen atoms in total. The van der Waals surface area contributed by atoms with Crippen molar-refractivity contribution in [2.75, 3.05) is 5.32 Å². The number of anilines is 1. The Bertz CT molecular complexity index is 785. The summed E-state index contributed by atoms with van der Waals surface area (Å²) in [7, 11) is 1.57. The lowest BCUT2D eigenvalue weighted by Gasteiger charge is -2.08. The SMILES string of the molecule is Cn1ccc(C(=O)Nc2cccc([N+](=O)[O-])c2Br)cc1=O. The summed E-state index contributed by atoms with van der Waals surface area (Å²) in [5.74, 6) is -0.520. The summed E-state index contributed by atoms with van der Waals surface area (Å²) in [5, 5.41) is 13.4. The molecule has 0 atom stereocenters. The van der Waals surface area contributed by atoms with E-state index < -0.39 is 10.8 Å². The van der Waals surface area contributed by atoms with Crippen LogP contribution < -0.4 is 10.9 Å². The molecule has 0 fully saturated rings. The molecule has 8 heteroatoms. The molecular formula is C13H10BrN3O4. The van der Waals surface area contributed by atoms with Crippen LogP contribution in [-0.2, 0) is 7.05 Å². The van der Waals surface area contributed by atoms with Crippen molar-refractivity contribution in [2.45, 2.75) is 0 Å². The van der Waals surface area contributed by atoms with Crippen LogP contribution in [0.2, 0.25) is 0 Å². The average molecular weight is 352 g/mol. The number of benzene rings is 1. The Morgan fingerprint density at radius 2 is 2.10 bits per heavy atom. The summed E-state index contributed by atoms with van der Waals surface area (Å²) in [6, 6.07) is 6.99. The van der Waals surface area contributed by atoms with Gasteiger partial charge >= 0.3 is 0 Å². The number of carbonyl (C=O) groups is 1. The van der Waals surface area contributed by atoms with Crippen molar-refractivity contribution < 1.29 is 9.72 Å². The first kappa shape index (κ1) is 14.9. The number of amides is 1. The lowest BCUT2D eigenvalue weighted by Crippen LogP contribution is -2.20. The van der Waals surface area contributed by atoms with E-state index in [9.17, 15) is 19.7 Å². The van der Waals surface area contributed by atoms with Crippen LogP contribution in [0.15, 0.2) is 45.8 Å². The van der Waals surface area contributed by atoms with Gasteiger partial charge in [-0.2, -0.15) is 0 Å². The number of halogens is 1. The molecule has 1 N–H and O–H groups in total. The average Bonchev–Trinajstić information content (AvgIpc) is 2.43. The smallest absolute Gasteiger partial charge is 0.285 e. The Balaban J connectivity index is 2.31. The number of nitro benzene ring substituents is 1. The van der Waals surface area contributed by atoms with E-state index in [1.807, 2.05) is 0 Å². The minimum Gasteiger partial charge on any atom is -0.321 e. The Kier molecular flexibility index (Phi) is 4.18. The highest BCUT2D eigenvalue weighted by atomic mass is 79.9. The molecule has 2 aromatic rings. The summed E-state index contributed by atoms with van der Waals surface area (Å²) in [5.41, 5.74) is -0.0380. The summed E-state index contributed by atoms with van der Waals surface area (Å²) >= 11 is 3.09. The quantitative estimate of drug-likeness (QED) is 0.677. The largest absolute Gasteiger partial charge is 0.321 e. The minimum absolute atomic E-state index is 0.156. The zero-order chi connectivity index (χ0) is 15.6. The summed E-state index contributed by atoms with van der Waals surface area (Å²) < 4.78 is 1.51. The highest BCUT2D eigenvalue weighted by Crippen LogP contribution is 2.32. The minimum atomic E-state index is -0.558. The van der Waals surface area contributed by atoms with Gasteiger partial charge in [-0.3, -0.25) is 19.7 Å². The van der Waals surface area contributed by atoms with Crippen molar-refractivity contribution in [3.63, 3.8) is 0 Å². The van der Waals surface area contributed by atoms with E-state index in [2.05, 4.69) is 21.2 Å². The fraction of sp³-hybridized carbons (Fsp3) is 0.0769. The Morgan fingerprint density at radius 1 is 1.38 bits per heavy atom. The van der Waals surface area contributed by atoms with Gasteiger partial charge in [-0.25, -0.2) is 0 Å². The third kappa shape index (κ3) is 3.16. The van der Waals surface area contributed by atoms with E-state index in [-0.39, 0.29) is 27.0 Å². The van der Waals surface area contributed by atoms with Crippen molar-refractivity contribution in [2.24, 2.45) is 7.05 Å². The molecule has 1 aromatic heterocycles. The normalized spacial score (nSPS) is 10.2. The van der Waals surface area contributed by atoms with Gasteiger partial charge in [-0.1, -0.05) is 6.07 Å². The fourth-order valence-corrected chi connectivity index (χ4v) is 2.15. The monoisotopic (exact) mass is 351 g/mol. The molecule has 0 saturated carbocycles. The lowest BCUT2D eigenvalue weighted by atomic mass is 10.2. The number of hydrogen-bond donors (Lipinski definition) is 1. The van der Waals surface area contributed by atoms with E-state index in [1.54, 1.807) is 7.05 Å². The zero-order valence-electron chi connectivity index (χ0n) is 10.9. The predicted molar refractivity (Wildman–Crippen MR) is 80.4 cm³/mol. The third-order valence-electron chi connectivity index (χ3n) is 2.79. The van der Waals surface area contributed by atoms with Gasteiger partial charge in [0.25, 0.3) is 17.2 Å². The maximum atomic E-state index is 12.1. The fourth-order valence-electron chi connectivity index (χ4n) is 1.64. The second-order valence-electron chi connectivity index (χ2n) is 4.21. The lowest BCUT2D eigenvalue weighted by molar-refractivity contribution is -0.385. The Hall–Kier alpha value is -2.48. The maximum Gasteiger partial charge on any atom is 0.285 e. The van der Waals surface area contributed by atoms with Gasteiger partial charge in [-0.15, -0.1) is 0 Å². The molecule has 1 heterocycles. The molecular weight excluding hydrogens is 342 g/mol. The van der Waals surface area contributed by atoms with Gasteiger partial charge in [-0.05, 0) is 28.1 Å². The van der Waals surface area contributed by atoms with Crippen LogP contribution >= 0.6 is 15.9 Å². The highest BCUT2D eigenvalue weighted by molar-refractivity contribution is 9.10. The second kappa shape index (κ2) is 5.88. The number of aromatic nitrogens is 1. The number of pyridine rings is 1. The first-order valence-corrected chi connectivity index (χ1v) is 6.60. The number of nitro groups is 1. The number of nitrogens with zero attached hydrogens (tertiary/aromatic N) is 2. The van der Waals surface area contributed by atoms with Crippen LogP contribution in [0.4, 0.5) is 11.4 Å². The van der Waals surface area contributed by atoms with Crippen LogP contribution in [0.5, 0.6) is 0 Å². The molecule has 0 aliphatic heterocycles. The van der Waals surface area contributed by atoms with Gasteiger partial charge in [0, 0.05) is 30.9 Å². The maximum absolute atomic E-state index is 12.1. The number of hydrogen-bond acceptors (Lipinski definition) is 4.